The first-order chi connectivity index (χ1) is 6.68. The molecule has 1 aromatic heterocycles. The van der Waals surface area contributed by atoms with Crippen molar-refractivity contribution in [3.63, 3.8) is 0 Å². The number of aromatic nitrogens is 2. The lowest BCUT2D eigenvalue weighted by Gasteiger charge is -2.26. The Morgan fingerprint density at radius 3 is 2.71 bits per heavy atom. The minimum atomic E-state index is 0.733. The second-order valence-electron chi connectivity index (χ2n) is 3.98. The highest BCUT2D eigenvalue weighted by Gasteiger charge is 2.18. The fraction of sp³-hybridized carbons (Fsp3) is 0.700. The van der Waals surface area contributed by atoms with Crippen LogP contribution in [0.2, 0.25) is 0 Å². The van der Waals surface area contributed by atoms with Crippen LogP contribution in [0.4, 0.5) is 0 Å². The summed E-state index contributed by atoms with van der Waals surface area (Å²) in [6, 6.07) is 0.733. The number of hydrogen-bond donors (Lipinski definition) is 1. The van der Waals surface area contributed by atoms with Gasteiger partial charge < -0.3 is 5.32 Å². The third-order valence-corrected chi connectivity index (χ3v) is 3.96. The van der Waals surface area contributed by atoms with Gasteiger partial charge in [-0.3, -0.25) is 4.68 Å². The standard InChI is InChI=1S/C10H16BrN3/c1-7-10(11)9(14(2)13-7)6-12-8-4-3-5-8/h8,12H,3-6H2,1-2H3. The summed E-state index contributed by atoms with van der Waals surface area (Å²) in [5.74, 6) is 0. The highest BCUT2D eigenvalue weighted by Crippen LogP contribution is 2.22. The van der Waals surface area contributed by atoms with E-state index in [9.17, 15) is 0 Å². The largest absolute Gasteiger partial charge is 0.308 e. The van der Waals surface area contributed by atoms with E-state index in [1.165, 1.54) is 25.0 Å². The molecule has 1 N–H and O–H groups in total. The van der Waals surface area contributed by atoms with Crippen LogP contribution in [0.1, 0.15) is 30.7 Å². The van der Waals surface area contributed by atoms with E-state index in [0.717, 1.165) is 22.8 Å². The number of aryl methyl sites for hydroxylation is 2. The predicted octanol–water partition coefficient (Wildman–Crippen LogP) is 2.13. The summed E-state index contributed by atoms with van der Waals surface area (Å²) in [4.78, 5) is 0. The lowest BCUT2D eigenvalue weighted by Crippen LogP contribution is -2.35. The monoisotopic (exact) mass is 257 g/mol. The number of halogens is 1. The molecule has 0 spiro atoms. The van der Waals surface area contributed by atoms with Crippen LogP contribution >= 0.6 is 15.9 Å². The summed E-state index contributed by atoms with van der Waals surface area (Å²) in [7, 11) is 2.00. The van der Waals surface area contributed by atoms with Crippen molar-refractivity contribution in [3.05, 3.63) is 15.9 Å². The van der Waals surface area contributed by atoms with Crippen molar-refractivity contribution in [1.29, 1.82) is 0 Å². The Morgan fingerprint density at radius 2 is 2.29 bits per heavy atom. The van der Waals surface area contributed by atoms with Crippen LogP contribution < -0.4 is 5.32 Å². The normalized spacial score (nSPS) is 17.1. The second kappa shape index (κ2) is 4.03. The van der Waals surface area contributed by atoms with E-state index in [0.29, 0.717) is 0 Å². The van der Waals surface area contributed by atoms with Crippen molar-refractivity contribution in [2.45, 2.75) is 38.8 Å². The molecule has 78 valence electrons. The molecular formula is C10H16BrN3. The molecule has 0 aliphatic heterocycles. The molecule has 1 aliphatic carbocycles. The van der Waals surface area contributed by atoms with E-state index in [1.54, 1.807) is 0 Å². The van der Waals surface area contributed by atoms with E-state index in [1.807, 2.05) is 18.7 Å². The van der Waals surface area contributed by atoms with Gasteiger partial charge in [-0.2, -0.15) is 5.10 Å². The van der Waals surface area contributed by atoms with E-state index in [-0.39, 0.29) is 0 Å². The Labute approximate surface area is 93.0 Å². The molecule has 1 fully saturated rings. The number of nitrogens with one attached hydrogen (secondary N) is 1. The fourth-order valence-corrected chi connectivity index (χ4v) is 2.20. The van der Waals surface area contributed by atoms with Crippen LogP contribution in [0.15, 0.2) is 4.47 Å². The smallest absolute Gasteiger partial charge is 0.0739 e. The summed E-state index contributed by atoms with van der Waals surface area (Å²) in [6.45, 7) is 2.94. The third kappa shape index (κ3) is 1.86. The topological polar surface area (TPSA) is 29.9 Å². The molecule has 1 heterocycles. The van der Waals surface area contributed by atoms with Crippen LogP contribution in [0.5, 0.6) is 0 Å². The molecule has 0 unspecified atom stereocenters. The quantitative estimate of drug-likeness (QED) is 0.900. The highest BCUT2D eigenvalue weighted by molar-refractivity contribution is 9.10. The molecule has 0 radical (unpaired) electrons. The summed E-state index contributed by atoms with van der Waals surface area (Å²) in [6.07, 6.45) is 4.03. The van der Waals surface area contributed by atoms with Gasteiger partial charge in [0.05, 0.1) is 15.9 Å². The zero-order chi connectivity index (χ0) is 10.1. The average molecular weight is 258 g/mol. The maximum Gasteiger partial charge on any atom is 0.0739 e. The molecule has 4 heteroatoms. The van der Waals surface area contributed by atoms with Crippen LogP contribution in [0.3, 0.4) is 0 Å². The predicted molar refractivity (Wildman–Crippen MR) is 60.1 cm³/mol. The van der Waals surface area contributed by atoms with Crippen molar-refractivity contribution in [1.82, 2.24) is 15.1 Å². The van der Waals surface area contributed by atoms with Gasteiger partial charge in [-0.1, -0.05) is 6.42 Å². The maximum atomic E-state index is 4.36. The summed E-state index contributed by atoms with van der Waals surface area (Å²) in [5.41, 5.74) is 2.31. The Morgan fingerprint density at radius 1 is 1.57 bits per heavy atom. The molecule has 0 bridgehead atoms. The van der Waals surface area contributed by atoms with Gasteiger partial charge in [0.2, 0.25) is 0 Å². The van der Waals surface area contributed by atoms with Crippen LogP contribution in [0.25, 0.3) is 0 Å². The van der Waals surface area contributed by atoms with Gasteiger partial charge in [-0.05, 0) is 35.7 Å². The molecule has 14 heavy (non-hydrogen) atoms. The Balaban J connectivity index is 2.00. The molecule has 0 atom stereocenters. The zero-order valence-corrected chi connectivity index (χ0v) is 10.3. The molecule has 0 aromatic carbocycles. The molecule has 2 rings (SSSR count). The second-order valence-corrected chi connectivity index (χ2v) is 4.77. The minimum absolute atomic E-state index is 0.733. The molecule has 3 nitrogen and oxygen atoms in total. The third-order valence-electron chi connectivity index (χ3n) is 2.92. The molecule has 1 aromatic rings. The zero-order valence-electron chi connectivity index (χ0n) is 8.68. The fourth-order valence-electron chi connectivity index (χ4n) is 1.73. The maximum absolute atomic E-state index is 4.36. The van der Waals surface area contributed by atoms with E-state index < -0.39 is 0 Å². The molecular weight excluding hydrogens is 242 g/mol. The molecule has 1 saturated carbocycles. The van der Waals surface area contributed by atoms with Crippen LogP contribution in [-0.2, 0) is 13.6 Å². The first-order valence-electron chi connectivity index (χ1n) is 5.10. The first-order valence-corrected chi connectivity index (χ1v) is 5.89. The van der Waals surface area contributed by atoms with Gasteiger partial charge in [0, 0.05) is 19.6 Å². The lowest BCUT2D eigenvalue weighted by molar-refractivity contribution is 0.334. The van der Waals surface area contributed by atoms with Gasteiger partial charge in [0.1, 0.15) is 0 Å². The number of rotatable bonds is 3. The molecule has 1 aliphatic rings. The summed E-state index contributed by atoms with van der Waals surface area (Å²) in [5, 5.41) is 7.90. The Bertz CT molecular complexity index is 328. The van der Waals surface area contributed by atoms with Gasteiger partial charge in [0.25, 0.3) is 0 Å². The minimum Gasteiger partial charge on any atom is -0.308 e. The number of hydrogen-bond acceptors (Lipinski definition) is 2. The van der Waals surface area contributed by atoms with Crippen molar-refractivity contribution in [2.75, 3.05) is 0 Å². The molecule has 0 amide bonds. The van der Waals surface area contributed by atoms with Crippen LogP contribution in [0, 0.1) is 6.92 Å². The van der Waals surface area contributed by atoms with Gasteiger partial charge in [-0.15, -0.1) is 0 Å². The van der Waals surface area contributed by atoms with E-state index in [4.69, 9.17) is 0 Å². The van der Waals surface area contributed by atoms with Crippen molar-refractivity contribution < 1.29 is 0 Å². The summed E-state index contributed by atoms with van der Waals surface area (Å²) < 4.78 is 3.09. The summed E-state index contributed by atoms with van der Waals surface area (Å²) >= 11 is 3.57. The number of nitrogens with zero attached hydrogens (tertiary/aromatic N) is 2. The average Bonchev–Trinajstić information content (AvgIpc) is 2.28. The van der Waals surface area contributed by atoms with Gasteiger partial charge in [0.15, 0.2) is 0 Å². The van der Waals surface area contributed by atoms with Crippen molar-refractivity contribution >= 4 is 15.9 Å². The highest BCUT2D eigenvalue weighted by atomic mass is 79.9. The molecule has 0 saturated heterocycles. The van der Waals surface area contributed by atoms with E-state index in [2.05, 4.69) is 26.3 Å². The van der Waals surface area contributed by atoms with Crippen LogP contribution in [-0.4, -0.2) is 15.8 Å². The van der Waals surface area contributed by atoms with Gasteiger partial charge >= 0.3 is 0 Å². The SMILES string of the molecule is Cc1nn(C)c(CNC2CCC2)c1Br. The van der Waals surface area contributed by atoms with E-state index >= 15 is 0 Å². The lowest BCUT2D eigenvalue weighted by atomic mass is 9.93. The van der Waals surface area contributed by atoms with Gasteiger partial charge in [-0.25, -0.2) is 0 Å². The first kappa shape index (κ1) is 10.2. The Kier molecular flexibility index (Phi) is 2.93. The van der Waals surface area contributed by atoms with Crippen molar-refractivity contribution in [2.24, 2.45) is 7.05 Å². The Hall–Kier alpha value is -0.350. The van der Waals surface area contributed by atoms with Crippen molar-refractivity contribution in [3.8, 4) is 0 Å².